The van der Waals surface area contributed by atoms with Gasteiger partial charge in [0, 0.05) is 18.5 Å². The van der Waals surface area contributed by atoms with Crippen LogP contribution in [0.3, 0.4) is 0 Å². The van der Waals surface area contributed by atoms with Crippen LogP contribution in [0.15, 0.2) is 47.4 Å². The van der Waals surface area contributed by atoms with E-state index in [1.54, 1.807) is 43.3 Å². The molecule has 2 aromatic carbocycles. The third-order valence-electron chi connectivity index (χ3n) is 4.32. The number of sulfonamides is 1. The summed E-state index contributed by atoms with van der Waals surface area (Å²) in [5, 5.41) is 11.0. The van der Waals surface area contributed by atoms with Gasteiger partial charge in [-0.15, -0.1) is 0 Å². The molecule has 1 unspecified atom stereocenters. The Morgan fingerprint density at radius 3 is 2.80 bits per heavy atom. The van der Waals surface area contributed by atoms with Crippen LogP contribution in [-0.2, 0) is 15.6 Å². The van der Waals surface area contributed by atoms with Gasteiger partial charge >= 0.3 is 0 Å². The van der Waals surface area contributed by atoms with Crippen LogP contribution in [0, 0.1) is 6.92 Å². The summed E-state index contributed by atoms with van der Waals surface area (Å²) in [4.78, 5) is 0.0546. The Kier molecular flexibility index (Phi) is 4.73. The first-order chi connectivity index (χ1) is 11.9. The van der Waals surface area contributed by atoms with Gasteiger partial charge < -0.3 is 14.6 Å². The minimum absolute atomic E-state index is 0.0546. The van der Waals surface area contributed by atoms with E-state index >= 15 is 0 Å². The molecule has 25 heavy (non-hydrogen) atoms. The molecule has 1 aliphatic heterocycles. The normalized spacial score (nSPS) is 19.8. The van der Waals surface area contributed by atoms with Crippen molar-refractivity contribution in [3.05, 3.63) is 53.6 Å². The quantitative estimate of drug-likeness (QED) is 0.848. The lowest BCUT2D eigenvalue weighted by Crippen LogP contribution is -2.43. The van der Waals surface area contributed by atoms with E-state index in [4.69, 9.17) is 9.47 Å². The first kappa shape index (κ1) is 17.7. The van der Waals surface area contributed by atoms with Gasteiger partial charge in [-0.2, -0.15) is 0 Å². The first-order valence-corrected chi connectivity index (χ1v) is 9.43. The van der Waals surface area contributed by atoms with E-state index < -0.39 is 15.6 Å². The van der Waals surface area contributed by atoms with E-state index in [1.165, 1.54) is 7.11 Å². The number of rotatable bonds is 5. The molecule has 1 atom stereocenters. The SMILES string of the molecule is COc1ccc(C)cc1S(=O)(=O)NCC1(O)CCOc2ccccc21. The summed E-state index contributed by atoms with van der Waals surface area (Å²) in [6, 6.07) is 12.0. The van der Waals surface area contributed by atoms with Crippen molar-refractivity contribution in [1.29, 1.82) is 0 Å². The molecule has 0 fully saturated rings. The Labute approximate surface area is 147 Å². The topological polar surface area (TPSA) is 84.9 Å². The Morgan fingerprint density at radius 1 is 1.28 bits per heavy atom. The second-order valence-electron chi connectivity index (χ2n) is 6.11. The molecule has 2 aromatic rings. The van der Waals surface area contributed by atoms with Crippen LogP contribution in [0.25, 0.3) is 0 Å². The molecular weight excluding hydrogens is 342 g/mol. The molecule has 7 heteroatoms. The predicted molar refractivity (Wildman–Crippen MR) is 93.4 cm³/mol. The lowest BCUT2D eigenvalue weighted by atomic mass is 9.88. The van der Waals surface area contributed by atoms with Crippen LogP contribution in [-0.4, -0.2) is 33.8 Å². The van der Waals surface area contributed by atoms with Crippen molar-refractivity contribution in [2.45, 2.75) is 23.8 Å². The molecule has 0 aromatic heterocycles. The number of nitrogens with one attached hydrogen (secondary N) is 1. The van der Waals surface area contributed by atoms with Crippen molar-refractivity contribution in [1.82, 2.24) is 4.72 Å². The summed E-state index contributed by atoms with van der Waals surface area (Å²) < 4.78 is 38.7. The molecule has 3 rings (SSSR count). The molecular formula is C18H21NO5S. The zero-order chi connectivity index (χ0) is 18.1. The Bertz CT molecular complexity index is 881. The van der Waals surface area contributed by atoms with Gasteiger partial charge in [0.25, 0.3) is 0 Å². The highest BCUT2D eigenvalue weighted by molar-refractivity contribution is 7.89. The molecule has 134 valence electrons. The van der Waals surface area contributed by atoms with Gasteiger partial charge in [-0.3, -0.25) is 0 Å². The van der Waals surface area contributed by atoms with Crippen molar-refractivity contribution < 1.29 is 23.0 Å². The molecule has 0 saturated heterocycles. The standard InChI is InChI=1S/C18H21NO5S/c1-13-7-8-16(23-2)17(11-13)25(21,22)19-12-18(20)9-10-24-15-6-4-3-5-14(15)18/h3-8,11,19-20H,9-10,12H2,1-2H3. The van der Waals surface area contributed by atoms with Crippen LogP contribution >= 0.6 is 0 Å². The number of benzene rings is 2. The van der Waals surface area contributed by atoms with E-state index in [2.05, 4.69) is 4.72 Å². The van der Waals surface area contributed by atoms with Crippen molar-refractivity contribution in [2.75, 3.05) is 20.3 Å². The van der Waals surface area contributed by atoms with E-state index in [-0.39, 0.29) is 17.2 Å². The first-order valence-electron chi connectivity index (χ1n) is 7.95. The zero-order valence-corrected chi connectivity index (χ0v) is 15.0. The minimum atomic E-state index is -3.84. The van der Waals surface area contributed by atoms with Gasteiger partial charge in [-0.1, -0.05) is 24.3 Å². The second kappa shape index (κ2) is 6.67. The summed E-state index contributed by atoms with van der Waals surface area (Å²) in [6.07, 6.45) is 0.303. The maximum Gasteiger partial charge on any atom is 0.244 e. The molecule has 6 nitrogen and oxygen atoms in total. The van der Waals surface area contributed by atoms with Crippen molar-refractivity contribution >= 4 is 10.0 Å². The number of fused-ring (bicyclic) bond motifs is 1. The van der Waals surface area contributed by atoms with Crippen LogP contribution in [0.5, 0.6) is 11.5 Å². The molecule has 1 heterocycles. The number of ether oxygens (including phenoxy) is 2. The van der Waals surface area contributed by atoms with Gasteiger partial charge in [0.2, 0.25) is 10.0 Å². The summed E-state index contributed by atoms with van der Waals surface area (Å²) in [6.45, 7) is 1.98. The highest BCUT2D eigenvalue weighted by atomic mass is 32.2. The highest BCUT2D eigenvalue weighted by Gasteiger charge is 2.37. The number of hydrogen-bond donors (Lipinski definition) is 2. The van der Waals surface area contributed by atoms with E-state index in [0.717, 1.165) is 5.56 Å². The molecule has 0 amide bonds. The molecule has 0 spiro atoms. The van der Waals surface area contributed by atoms with Crippen LogP contribution in [0.1, 0.15) is 17.5 Å². The Balaban J connectivity index is 1.88. The van der Waals surface area contributed by atoms with Gasteiger partial charge in [0.1, 0.15) is 22.0 Å². The fraction of sp³-hybridized carbons (Fsp3) is 0.333. The molecule has 0 radical (unpaired) electrons. The lowest BCUT2D eigenvalue weighted by molar-refractivity contribution is 0.00218. The number of aliphatic hydroxyl groups is 1. The maximum absolute atomic E-state index is 12.7. The van der Waals surface area contributed by atoms with Crippen LogP contribution in [0.2, 0.25) is 0 Å². The third kappa shape index (κ3) is 3.49. The largest absolute Gasteiger partial charge is 0.495 e. The molecule has 0 saturated carbocycles. The lowest BCUT2D eigenvalue weighted by Gasteiger charge is -2.34. The number of para-hydroxylation sites is 1. The van der Waals surface area contributed by atoms with E-state index in [0.29, 0.717) is 24.3 Å². The molecule has 0 aliphatic carbocycles. The summed E-state index contributed by atoms with van der Waals surface area (Å²) in [5.74, 6) is 0.834. The Hall–Kier alpha value is -2.09. The number of methoxy groups -OCH3 is 1. The molecule has 0 bridgehead atoms. The van der Waals surface area contributed by atoms with Gasteiger partial charge in [-0.25, -0.2) is 13.1 Å². The van der Waals surface area contributed by atoms with Gasteiger partial charge in [-0.05, 0) is 30.7 Å². The average molecular weight is 363 g/mol. The monoisotopic (exact) mass is 363 g/mol. The van der Waals surface area contributed by atoms with Crippen LogP contribution < -0.4 is 14.2 Å². The Morgan fingerprint density at radius 2 is 2.04 bits per heavy atom. The van der Waals surface area contributed by atoms with E-state index in [1.807, 2.05) is 6.07 Å². The summed E-state index contributed by atoms with van der Waals surface area (Å²) >= 11 is 0. The molecule has 2 N–H and O–H groups in total. The molecule has 1 aliphatic rings. The summed E-state index contributed by atoms with van der Waals surface area (Å²) in [5.41, 5.74) is 0.0651. The fourth-order valence-corrected chi connectivity index (χ4v) is 4.25. The maximum atomic E-state index is 12.7. The highest BCUT2D eigenvalue weighted by Crippen LogP contribution is 2.36. The van der Waals surface area contributed by atoms with Crippen LogP contribution in [0.4, 0.5) is 0 Å². The smallest absolute Gasteiger partial charge is 0.244 e. The van der Waals surface area contributed by atoms with E-state index in [9.17, 15) is 13.5 Å². The number of aryl methyl sites for hydroxylation is 1. The third-order valence-corrected chi connectivity index (χ3v) is 5.75. The van der Waals surface area contributed by atoms with Crippen molar-refractivity contribution in [2.24, 2.45) is 0 Å². The predicted octanol–water partition coefficient (Wildman–Crippen LogP) is 1.95. The van der Waals surface area contributed by atoms with Gasteiger partial charge in [0.05, 0.1) is 13.7 Å². The minimum Gasteiger partial charge on any atom is -0.495 e. The fourth-order valence-electron chi connectivity index (χ4n) is 2.91. The average Bonchev–Trinajstić information content (AvgIpc) is 2.61. The van der Waals surface area contributed by atoms with Gasteiger partial charge in [0.15, 0.2) is 0 Å². The van der Waals surface area contributed by atoms with Crippen molar-refractivity contribution in [3.63, 3.8) is 0 Å². The zero-order valence-electron chi connectivity index (χ0n) is 14.2. The second-order valence-corrected chi connectivity index (χ2v) is 7.84. The summed E-state index contributed by atoms with van der Waals surface area (Å²) in [7, 11) is -2.42. The van der Waals surface area contributed by atoms with Crippen molar-refractivity contribution in [3.8, 4) is 11.5 Å². The number of hydrogen-bond acceptors (Lipinski definition) is 5.